The smallest absolute Gasteiger partial charge is 0.407 e. The van der Waals surface area contributed by atoms with Gasteiger partial charge in [0.2, 0.25) is 0 Å². The number of benzene rings is 1. The van der Waals surface area contributed by atoms with Crippen molar-refractivity contribution < 1.29 is 9.53 Å². The third kappa shape index (κ3) is 4.26. The quantitative estimate of drug-likeness (QED) is 0.909. The molecule has 0 fully saturated rings. The van der Waals surface area contributed by atoms with E-state index < -0.39 is 11.7 Å². The van der Waals surface area contributed by atoms with Gasteiger partial charge in [0.05, 0.1) is 12.5 Å². The zero-order valence-electron chi connectivity index (χ0n) is 13.2. The van der Waals surface area contributed by atoms with Crippen LogP contribution < -0.4 is 5.32 Å². The van der Waals surface area contributed by atoms with Crippen LogP contribution >= 0.6 is 0 Å². The van der Waals surface area contributed by atoms with E-state index in [9.17, 15) is 4.79 Å². The number of nitrogens with one attached hydrogen (secondary N) is 2. The molecule has 1 aromatic carbocycles. The van der Waals surface area contributed by atoms with E-state index in [1.54, 1.807) is 0 Å². The summed E-state index contributed by atoms with van der Waals surface area (Å²) in [6, 6.07) is 8.11. The molecule has 0 saturated heterocycles. The number of carbonyl (C=O) groups excluding carboxylic acids is 1. The first-order chi connectivity index (χ1) is 10.4. The van der Waals surface area contributed by atoms with Crippen LogP contribution in [0.4, 0.5) is 4.79 Å². The summed E-state index contributed by atoms with van der Waals surface area (Å²) in [6.07, 6.45) is 2.64. The van der Waals surface area contributed by atoms with Crippen LogP contribution in [0.1, 0.15) is 31.9 Å². The number of hydrogen-bond acceptors (Lipinski definition) is 3. The Morgan fingerprint density at radius 2 is 2.18 bits per heavy atom. The van der Waals surface area contributed by atoms with E-state index in [0.717, 1.165) is 22.0 Å². The van der Waals surface area contributed by atoms with Gasteiger partial charge in [-0.15, -0.1) is 0 Å². The van der Waals surface area contributed by atoms with Crippen molar-refractivity contribution in [1.82, 2.24) is 10.3 Å². The monoisotopic (exact) mass is 299 g/mol. The lowest BCUT2D eigenvalue weighted by molar-refractivity contribution is 0.0528. The Bertz CT molecular complexity index is 705. The van der Waals surface area contributed by atoms with Gasteiger partial charge in [-0.1, -0.05) is 6.07 Å². The molecule has 0 saturated carbocycles. The number of fused-ring (bicyclic) bond motifs is 1. The van der Waals surface area contributed by atoms with Crippen molar-refractivity contribution in [3.05, 3.63) is 35.5 Å². The van der Waals surface area contributed by atoms with Crippen LogP contribution in [0.15, 0.2) is 24.4 Å². The van der Waals surface area contributed by atoms with Crippen molar-refractivity contribution in [2.45, 2.75) is 39.2 Å². The highest BCUT2D eigenvalue weighted by atomic mass is 16.6. The molecule has 5 nitrogen and oxygen atoms in total. The zero-order chi connectivity index (χ0) is 16.2. The fourth-order valence-electron chi connectivity index (χ4n) is 2.25. The predicted molar refractivity (Wildman–Crippen MR) is 85.6 cm³/mol. The van der Waals surface area contributed by atoms with Gasteiger partial charge in [-0.3, -0.25) is 0 Å². The number of amides is 1. The fourth-order valence-corrected chi connectivity index (χ4v) is 2.25. The summed E-state index contributed by atoms with van der Waals surface area (Å²) < 4.78 is 5.20. The number of aromatic nitrogens is 1. The van der Waals surface area contributed by atoms with Crippen LogP contribution in [-0.2, 0) is 17.6 Å². The van der Waals surface area contributed by atoms with Gasteiger partial charge in [0, 0.05) is 23.6 Å². The van der Waals surface area contributed by atoms with E-state index in [1.165, 1.54) is 0 Å². The van der Waals surface area contributed by atoms with Gasteiger partial charge in [0.25, 0.3) is 0 Å². The summed E-state index contributed by atoms with van der Waals surface area (Å²) in [7, 11) is 0. The highest BCUT2D eigenvalue weighted by molar-refractivity contribution is 5.84. The summed E-state index contributed by atoms with van der Waals surface area (Å²) >= 11 is 0. The number of alkyl carbamates (subject to hydrolysis) is 1. The largest absolute Gasteiger partial charge is 0.444 e. The van der Waals surface area contributed by atoms with Gasteiger partial charge in [0.1, 0.15) is 5.60 Å². The molecule has 0 unspecified atom stereocenters. The van der Waals surface area contributed by atoms with Crippen LogP contribution in [0.25, 0.3) is 10.9 Å². The third-order valence-electron chi connectivity index (χ3n) is 3.18. The van der Waals surface area contributed by atoms with Gasteiger partial charge < -0.3 is 15.0 Å². The van der Waals surface area contributed by atoms with Crippen molar-refractivity contribution in [1.29, 1.82) is 5.26 Å². The van der Waals surface area contributed by atoms with E-state index in [2.05, 4.69) is 16.4 Å². The molecule has 1 heterocycles. The number of nitriles is 1. The Labute approximate surface area is 130 Å². The van der Waals surface area contributed by atoms with Gasteiger partial charge in [0.15, 0.2) is 0 Å². The first-order valence-electron chi connectivity index (χ1n) is 7.32. The molecule has 0 bridgehead atoms. The van der Waals surface area contributed by atoms with Crippen molar-refractivity contribution in [3.8, 4) is 6.07 Å². The molecule has 0 spiro atoms. The van der Waals surface area contributed by atoms with Crippen LogP contribution in [-0.4, -0.2) is 23.2 Å². The molecule has 0 radical (unpaired) electrons. The topological polar surface area (TPSA) is 77.9 Å². The number of aromatic amines is 1. The highest BCUT2D eigenvalue weighted by Crippen LogP contribution is 2.20. The van der Waals surface area contributed by atoms with Crippen molar-refractivity contribution >= 4 is 17.0 Å². The fraction of sp³-hybridized carbons (Fsp3) is 0.412. The highest BCUT2D eigenvalue weighted by Gasteiger charge is 2.15. The zero-order valence-corrected chi connectivity index (χ0v) is 13.2. The Balaban J connectivity index is 1.98. The normalized spacial score (nSPS) is 11.2. The molecule has 5 heteroatoms. The first-order valence-corrected chi connectivity index (χ1v) is 7.32. The summed E-state index contributed by atoms with van der Waals surface area (Å²) in [5.41, 5.74) is 2.66. The van der Waals surface area contributed by atoms with Crippen LogP contribution in [0, 0.1) is 11.3 Å². The van der Waals surface area contributed by atoms with E-state index >= 15 is 0 Å². The molecule has 22 heavy (non-hydrogen) atoms. The maximum atomic E-state index is 11.6. The average molecular weight is 299 g/mol. The first kappa shape index (κ1) is 15.9. The summed E-state index contributed by atoms with van der Waals surface area (Å²) in [5.74, 6) is 0. The number of hydrogen-bond donors (Lipinski definition) is 2. The number of carbonyl (C=O) groups is 1. The maximum Gasteiger partial charge on any atom is 0.407 e. The Hall–Kier alpha value is -2.48. The van der Waals surface area contributed by atoms with E-state index in [1.807, 2.05) is 45.2 Å². The van der Waals surface area contributed by atoms with Crippen LogP contribution in [0.5, 0.6) is 0 Å². The Morgan fingerprint density at radius 3 is 2.86 bits per heavy atom. The molecular formula is C17H21N3O2. The molecular weight excluding hydrogens is 278 g/mol. The molecule has 2 aromatic rings. The van der Waals surface area contributed by atoms with Gasteiger partial charge in [-0.05, 0) is 50.5 Å². The molecule has 1 amide bonds. The number of rotatable bonds is 4. The van der Waals surface area contributed by atoms with Gasteiger partial charge in [-0.25, -0.2) is 4.79 Å². The Kier molecular flexibility index (Phi) is 4.71. The summed E-state index contributed by atoms with van der Waals surface area (Å²) in [6.45, 7) is 6.01. The summed E-state index contributed by atoms with van der Waals surface area (Å²) in [5, 5.41) is 12.6. The number of H-pyrrole nitrogens is 1. The summed E-state index contributed by atoms with van der Waals surface area (Å²) in [4.78, 5) is 14.8. The number of nitrogens with zero attached hydrogens (tertiary/aromatic N) is 1. The minimum absolute atomic E-state index is 0.400. The maximum absolute atomic E-state index is 11.6. The van der Waals surface area contributed by atoms with Gasteiger partial charge in [-0.2, -0.15) is 5.26 Å². The SMILES string of the molecule is CC(C)(C)OC(=O)NCCc1c[nH]c2ccc(CC#N)cc12. The molecule has 0 aliphatic carbocycles. The average Bonchev–Trinajstić information content (AvgIpc) is 2.80. The minimum Gasteiger partial charge on any atom is -0.444 e. The van der Waals surface area contributed by atoms with Crippen molar-refractivity contribution in [2.75, 3.05) is 6.54 Å². The lowest BCUT2D eigenvalue weighted by Crippen LogP contribution is -2.33. The minimum atomic E-state index is -0.489. The second kappa shape index (κ2) is 6.52. The lowest BCUT2D eigenvalue weighted by Gasteiger charge is -2.19. The van der Waals surface area contributed by atoms with E-state index in [-0.39, 0.29) is 0 Å². The molecule has 0 aliphatic heterocycles. The van der Waals surface area contributed by atoms with E-state index in [0.29, 0.717) is 19.4 Å². The molecule has 0 atom stereocenters. The molecule has 116 valence electrons. The van der Waals surface area contributed by atoms with Crippen molar-refractivity contribution in [2.24, 2.45) is 0 Å². The standard InChI is InChI=1S/C17H21N3O2/c1-17(2,3)22-16(21)19-9-7-13-11-20-15-5-4-12(6-8-18)10-14(13)15/h4-5,10-11,20H,6-7,9H2,1-3H3,(H,19,21). The van der Waals surface area contributed by atoms with Gasteiger partial charge >= 0.3 is 6.09 Å². The van der Waals surface area contributed by atoms with Crippen molar-refractivity contribution in [3.63, 3.8) is 0 Å². The van der Waals surface area contributed by atoms with E-state index in [4.69, 9.17) is 10.00 Å². The lowest BCUT2D eigenvalue weighted by atomic mass is 10.1. The third-order valence-corrected chi connectivity index (χ3v) is 3.18. The molecule has 0 aliphatic rings. The second-order valence-electron chi connectivity index (χ2n) is 6.21. The second-order valence-corrected chi connectivity index (χ2v) is 6.21. The van der Waals surface area contributed by atoms with Crippen LogP contribution in [0.3, 0.4) is 0 Å². The predicted octanol–water partition coefficient (Wildman–Crippen LogP) is 3.30. The molecule has 2 N–H and O–H groups in total. The Morgan fingerprint density at radius 1 is 1.41 bits per heavy atom. The molecule has 1 aromatic heterocycles. The number of ether oxygens (including phenoxy) is 1. The molecule has 2 rings (SSSR count). The van der Waals surface area contributed by atoms with Crippen LogP contribution in [0.2, 0.25) is 0 Å².